The zero-order valence-corrected chi connectivity index (χ0v) is 16.9. The minimum absolute atomic E-state index is 0.185. The van der Waals surface area contributed by atoms with Crippen LogP contribution in [0.4, 0.5) is 5.82 Å². The van der Waals surface area contributed by atoms with Crippen LogP contribution in [-0.2, 0) is 24.3 Å². The molecule has 0 N–H and O–H groups in total. The Balaban J connectivity index is 1.79. The van der Waals surface area contributed by atoms with Gasteiger partial charge in [-0.25, -0.2) is 9.97 Å². The molecule has 5 heteroatoms. The van der Waals surface area contributed by atoms with E-state index in [2.05, 4.69) is 50.1 Å². The highest BCUT2D eigenvalue weighted by Crippen LogP contribution is 2.28. The molecule has 0 saturated carbocycles. The van der Waals surface area contributed by atoms with Gasteiger partial charge >= 0.3 is 0 Å². The van der Waals surface area contributed by atoms with Gasteiger partial charge in [0.1, 0.15) is 11.6 Å². The summed E-state index contributed by atoms with van der Waals surface area (Å²) in [6.45, 7) is 8.65. The van der Waals surface area contributed by atoms with Gasteiger partial charge in [0.25, 0.3) is 0 Å². The Bertz CT molecular complexity index is 788. The second-order valence-electron chi connectivity index (χ2n) is 7.91. The molecule has 1 aromatic heterocycles. The third kappa shape index (κ3) is 4.92. The summed E-state index contributed by atoms with van der Waals surface area (Å²) in [7, 11) is 2.08. The van der Waals surface area contributed by atoms with Gasteiger partial charge in [0.05, 0.1) is 6.54 Å². The number of hydrogen-bond donors (Lipinski definition) is 0. The van der Waals surface area contributed by atoms with E-state index >= 15 is 0 Å². The SMILES string of the molecule is Cc1nc(CN(C)Cc2ccccc2)nc2c1CCC(=O)N2CCC(C)C. The third-order valence-corrected chi connectivity index (χ3v) is 5.02. The number of rotatable bonds is 7. The van der Waals surface area contributed by atoms with E-state index in [1.807, 2.05) is 17.9 Å². The number of carbonyl (C=O) groups excluding carboxylic acids is 1. The molecule has 1 aromatic carbocycles. The highest BCUT2D eigenvalue weighted by molar-refractivity contribution is 5.95. The van der Waals surface area contributed by atoms with Gasteiger partial charge in [0, 0.05) is 30.8 Å². The lowest BCUT2D eigenvalue weighted by molar-refractivity contribution is -0.119. The minimum Gasteiger partial charge on any atom is -0.296 e. The molecule has 1 aliphatic rings. The third-order valence-electron chi connectivity index (χ3n) is 5.02. The molecular formula is C22H30N4O. The van der Waals surface area contributed by atoms with Crippen molar-refractivity contribution in [3.05, 3.63) is 53.0 Å². The van der Waals surface area contributed by atoms with Gasteiger partial charge in [0.15, 0.2) is 0 Å². The molecule has 0 bridgehead atoms. The first kappa shape index (κ1) is 19.5. The first-order valence-corrected chi connectivity index (χ1v) is 9.83. The van der Waals surface area contributed by atoms with Crippen LogP contribution >= 0.6 is 0 Å². The van der Waals surface area contributed by atoms with Gasteiger partial charge in [-0.3, -0.25) is 14.6 Å². The molecule has 0 atom stereocenters. The summed E-state index contributed by atoms with van der Waals surface area (Å²) in [5, 5.41) is 0. The number of nitrogens with zero attached hydrogens (tertiary/aromatic N) is 4. The van der Waals surface area contributed by atoms with Crippen LogP contribution in [0.2, 0.25) is 0 Å². The lowest BCUT2D eigenvalue weighted by Crippen LogP contribution is -2.38. The van der Waals surface area contributed by atoms with Crippen LogP contribution in [0.25, 0.3) is 0 Å². The van der Waals surface area contributed by atoms with Gasteiger partial charge in [-0.2, -0.15) is 0 Å². The van der Waals surface area contributed by atoms with Crippen molar-refractivity contribution < 1.29 is 4.79 Å². The van der Waals surface area contributed by atoms with Crippen LogP contribution in [0.1, 0.15) is 49.3 Å². The van der Waals surface area contributed by atoms with Crippen LogP contribution in [0.15, 0.2) is 30.3 Å². The molecule has 27 heavy (non-hydrogen) atoms. The summed E-state index contributed by atoms with van der Waals surface area (Å²) in [6, 6.07) is 10.4. The van der Waals surface area contributed by atoms with Crippen molar-refractivity contribution in [2.75, 3.05) is 18.5 Å². The maximum Gasteiger partial charge on any atom is 0.228 e. The van der Waals surface area contributed by atoms with Crippen molar-refractivity contribution in [3.63, 3.8) is 0 Å². The maximum absolute atomic E-state index is 12.5. The lowest BCUT2D eigenvalue weighted by Gasteiger charge is -2.30. The van der Waals surface area contributed by atoms with Crippen molar-refractivity contribution in [3.8, 4) is 0 Å². The second-order valence-corrected chi connectivity index (χ2v) is 7.91. The largest absolute Gasteiger partial charge is 0.296 e. The van der Waals surface area contributed by atoms with E-state index in [-0.39, 0.29) is 5.91 Å². The highest BCUT2D eigenvalue weighted by Gasteiger charge is 2.28. The summed E-state index contributed by atoms with van der Waals surface area (Å²) in [4.78, 5) is 26.2. The predicted octanol–water partition coefficient (Wildman–Crippen LogP) is 3.74. The number of fused-ring (bicyclic) bond motifs is 1. The molecule has 0 fully saturated rings. The zero-order valence-electron chi connectivity index (χ0n) is 16.9. The fourth-order valence-electron chi connectivity index (χ4n) is 3.52. The van der Waals surface area contributed by atoms with Crippen molar-refractivity contribution in [2.24, 2.45) is 5.92 Å². The van der Waals surface area contributed by atoms with E-state index < -0.39 is 0 Å². The van der Waals surface area contributed by atoms with Gasteiger partial charge in [-0.05, 0) is 38.3 Å². The molecule has 2 heterocycles. The first-order chi connectivity index (χ1) is 12.9. The van der Waals surface area contributed by atoms with Crippen LogP contribution < -0.4 is 4.90 Å². The average Bonchev–Trinajstić information content (AvgIpc) is 2.61. The molecule has 3 rings (SSSR count). The van der Waals surface area contributed by atoms with Crippen molar-refractivity contribution in [1.82, 2.24) is 14.9 Å². The summed E-state index contributed by atoms with van der Waals surface area (Å²) < 4.78 is 0. The van der Waals surface area contributed by atoms with Crippen LogP contribution in [0.5, 0.6) is 0 Å². The predicted molar refractivity (Wildman–Crippen MR) is 109 cm³/mol. The van der Waals surface area contributed by atoms with E-state index in [9.17, 15) is 4.79 Å². The Morgan fingerprint density at radius 1 is 1.11 bits per heavy atom. The first-order valence-electron chi connectivity index (χ1n) is 9.83. The normalized spacial score (nSPS) is 14.1. The summed E-state index contributed by atoms with van der Waals surface area (Å²) in [6.07, 6.45) is 2.29. The fourth-order valence-corrected chi connectivity index (χ4v) is 3.52. The van der Waals surface area contributed by atoms with E-state index in [1.54, 1.807) is 0 Å². The lowest BCUT2D eigenvalue weighted by atomic mass is 10.0. The molecule has 0 unspecified atom stereocenters. The Labute approximate surface area is 162 Å². The smallest absolute Gasteiger partial charge is 0.228 e. The minimum atomic E-state index is 0.185. The fraction of sp³-hybridized carbons (Fsp3) is 0.500. The van der Waals surface area contributed by atoms with E-state index in [1.165, 1.54) is 5.56 Å². The van der Waals surface area contributed by atoms with Crippen LogP contribution in [0.3, 0.4) is 0 Å². The summed E-state index contributed by atoms with van der Waals surface area (Å²) in [5.41, 5.74) is 3.40. The Kier molecular flexibility index (Phi) is 6.22. The molecule has 0 spiro atoms. The van der Waals surface area contributed by atoms with Crippen molar-refractivity contribution >= 4 is 11.7 Å². The summed E-state index contributed by atoms with van der Waals surface area (Å²) >= 11 is 0. The standard InChI is InChI=1S/C22H30N4O/c1-16(2)12-13-26-21(27)11-10-19-17(3)23-20(24-22(19)26)15-25(4)14-18-8-6-5-7-9-18/h5-9,16H,10-15H2,1-4H3. The molecule has 0 radical (unpaired) electrons. The quantitative estimate of drug-likeness (QED) is 0.749. The molecule has 2 aromatic rings. The number of aromatic nitrogens is 2. The molecule has 144 valence electrons. The Morgan fingerprint density at radius 3 is 2.56 bits per heavy atom. The van der Waals surface area contributed by atoms with Gasteiger partial charge in [-0.1, -0.05) is 44.2 Å². The number of aryl methyl sites for hydroxylation is 1. The number of anilines is 1. The second kappa shape index (κ2) is 8.61. The van der Waals surface area contributed by atoms with E-state index in [4.69, 9.17) is 9.97 Å². The molecule has 0 saturated heterocycles. The summed E-state index contributed by atoms with van der Waals surface area (Å²) in [5.74, 6) is 2.36. The Morgan fingerprint density at radius 2 is 1.85 bits per heavy atom. The number of benzene rings is 1. The van der Waals surface area contributed by atoms with Crippen LogP contribution in [-0.4, -0.2) is 34.4 Å². The number of carbonyl (C=O) groups is 1. The van der Waals surface area contributed by atoms with Gasteiger partial charge in [0.2, 0.25) is 5.91 Å². The molecule has 5 nitrogen and oxygen atoms in total. The maximum atomic E-state index is 12.5. The number of hydrogen-bond acceptors (Lipinski definition) is 4. The molecule has 1 amide bonds. The monoisotopic (exact) mass is 366 g/mol. The molecule has 0 aliphatic carbocycles. The Hall–Kier alpha value is -2.27. The van der Waals surface area contributed by atoms with E-state index in [0.29, 0.717) is 18.9 Å². The van der Waals surface area contributed by atoms with Crippen molar-refractivity contribution in [2.45, 2.75) is 53.1 Å². The van der Waals surface area contributed by atoms with Crippen LogP contribution in [0, 0.1) is 12.8 Å². The highest BCUT2D eigenvalue weighted by atomic mass is 16.2. The molecule has 1 aliphatic heterocycles. The molecular weight excluding hydrogens is 336 g/mol. The van der Waals surface area contributed by atoms with Gasteiger partial charge < -0.3 is 0 Å². The number of amides is 1. The van der Waals surface area contributed by atoms with Gasteiger partial charge in [-0.15, -0.1) is 0 Å². The topological polar surface area (TPSA) is 49.3 Å². The van der Waals surface area contributed by atoms with Crippen molar-refractivity contribution in [1.29, 1.82) is 0 Å². The zero-order chi connectivity index (χ0) is 19.4. The average molecular weight is 367 g/mol. The van der Waals surface area contributed by atoms with E-state index in [0.717, 1.165) is 48.8 Å².